The summed E-state index contributed by atoms with van der Waals surface area (Å²) >= 11 is 3.24. The topological polar surface area (TPSA) is 29.5 Å². The van der Waals surface area contributed by atoms with Crippen LogP contribution in [0.25, 0.3) is 0 Å². The average molecular weight is 337 g/mol. The van der Waals surface area contributed by atoms with Gasteiger partial charge >= 0.3 is 0 Å². The van der Waals surface area contributed by atoms with Gasteiger partial charge in [-0.15, -0.1) is 0 Å². The lowest BCUT2D eigenvalue weighted by molar-refractivity contribution is 0.0639. The summed E-state index contributed by atoms with van der Waals surface area (Å²) in [7, 11) is 0. The molecule has 0 bridgehead atoms. The Morgan fingerprint density at radius 1 is 1.20 bits per heavy atom. The number of hydrogen-bond acceptors (Lipinski definition) is 2. The number of fused-ring (bicyclic) bond motifs is 1. The van der Waals surface area contributed by atoms with Crippen molar-refractivity contribution >= 4 is 15.9 Å². The number of benzene rings is 2. The van der Waals surface area contributed by atoms with E-state index in [1.54, 1.807) is 12.1 Å². The van der Waals surface area contributed by atoms with E-state index in [9.17, 15) is 9.50 Å². The summed E-state index contributed by atoms with van der Waals surface area (Å²) < 4.78 is 20.5. The highest BCUT2D eigenvalue weighted by molar-refractivity contribution is 9.10. The first-order chi connectivity index (χ1) is 9.54. The van der Waals surface area contributed by atoms with Gasteiger partial charge in [0.25, 0.3) is 0 Å². The Balaban J connectivity index is 1.97. The predicted molar refractivity (Wildman–Crippen MR) is 78.2 cm³/mol. The largest absolute Gasteiger partial charge is 0.485 e. The van der Waals surface area contributed by atoms with Crippen molar-refractivity contribution in [3.8, 4) is 5.75 Å². The van der Waals surface area contributed by atoms with Crippen LogP contribution >= 0.6 is 15.9 Å². The van der Waals surface area contributed by atoms with Gasteiger partial charge in [-0.3, -0.25) is 0 Å². The Labute approximate surface area is 125 Å². The molecule has 2 aromatic rings. The Kier molecular flexibility index (Phi) is 3.52. The van der Waals surface area contributed by atoms with E-state index < -0.39 is 12.2 Å². The second kappa shape index (κ2) is 5.19. The third kappa shape index (κ3) is 2.45. The van der Waals surface area contributed by atoms with Gasteiger partial charge in [0, 0.05) is 22.0 Å². The first-order valence-corrected chi connectivity index (χ1v) is 7.24. The maximum absolute atomic E-state index is 14.0. The second-order valence-electron chi connectivity index (χ2n) is 5.07. The van der Waals surface area contributed by atoms with Crippen LogP contribution in [0.2, 0.25) is 0 Å². The molecule has 0 saturated heterocycles. The highest BCUT2D eigenvalue weighted by Gasteiger charge is 2.29. The van der Waals surface area contributed by atoms with Gasteiger partial charge in [0.2, 0.25) is 0 Å². The summed E-state index contributed by atoms with van der Waals surface area (Å²) in [5.41, 5.74) is 2.32. The molecule has 2 atom stereocenters. The zero-order valence-corrected chi connectivity index (χ0v) is 12.5. The van der Waals surface area contributed by atoms with E-state index in [2.05, 4.69) is 15.9 Å². The molecule has 2 aromatic carbocycles. The molecule has 0 radical (unpaired) electrons. The molecule has 104 valence electrons. The van der Waals surface area contributed by atoms with Gasteiger partial charge in [0.1, 0.15) is 17.7 Å². The molecule has 0 spiro atoms. The first-order valence-electron chi connectivity index (χ1n) is 6.45. The standard InChI is InChI=1S/C16H14BrFO2/c1-9-2-5-15-12(6-9)14(19)8-16(20-15)11-4-3-10(17)7-13(11)18/h2-7,14,16,19H,8H2,1H3. The van der Waals surface area contributed by atoms with Crippen molar-refractivity contribution in [1.82, 2.24) is 0 Å². The molecule has 1 heterocycles. The maximum Gasteiger partial charge on any atom is 0.131 e. The summed E-state index contributed by atoms with van der Waals surface area (Å²) in [5.74, 6) is 0.300. The molecule has 4 heteroatoms. The maximum atomic E-state index is 14.0. The molecule has 0 amide bonds. The van der Waals surface area contributed by atoms with Crippen molar-refractivity contribution in [1.29, 1.82) is 0 Å². The minimum absolute atomic E-state index is 0.327. The average Bonchev–Trinajstić information content (AvgIpc) is 2.39. The van der Waals surface area contributed by atoms with Gasteiger partial charge < -0.3 is 9.84 Å². The molecular formula is C16H14BrFO2. The molecule has 0 aliphatic carbocycles. The zero-order valence-electron chi connectivity index (χ0n) is 10.9. The van der Waals surface area contributed by atoms with Gasteiger partial charge in [-0.2, -0.15) is 0 Å². The number of aliphatic hydroxyl groups is 1. The summed E-state index contributed by atoms with van der Waals surface area (Å²) in [6.07, 6.45) is -0.741. The summed E-state index contributed by atoms with van der Waals surface area (Å²) in [6, 6.07) is 10.5. The van der Waals surface area contributed by atoms with Crippen molar-refractivity contribution in [2.45, 2.75) is 25.6 Å². The van der Waals surface area contributed by atoms with Gasteiger partial charge in [-0.05, 0) is 31.2 Å². The fourth-order valence-corrected chi connectivity index (χ4v) is 2.85. The van der Waals surface area contributed by atoms with Crippen molar-refractivity contribution in [2.24, 2.45) is 0 Å². The number of ether oxygens (including phenoxy) is 1. The van der Waals surface area contributed by atoms with Crippen LogP contribution in [-0.2, 0) is 0 Å². The minimum Gasteiger partial charge on any atom is -0.485 e. The molecule has 2 unspecified atom stereocenters. The first kappa shape index (κ1) is 13.6. The lowest BCUT2D eigenvalue weighted by atomic mass is 9.94. The second-order valence-corrected chi connectivity index (χ2v) is 5.98. The van der Waals surface area contributed by atoms with Crippen LogP contribution in [0.5, 0.6) is 5.75 Å². The van der Waals surface area contributed by atoms with Gasteiger partial charge in [-0.1, -0.05) is 33.6 Å². The highest BCUT2D eigenvalue weighted by atomic mass is 79.9. The number of rotatable bonds is 1. The van der Waals surface area contributed by atoms with E-state index in [0.29, 0.717) is 22.2 Å². The highest BCUT2D eigenvalue weighted by Crippen LogP contribution is 2.41. The van der Waals surface area contributed by atoms with Crippen LogP contribution in [0.15, 0.2) is 40.9 Å². The lowest BCUT2D eigenvalue weighted by Crippen LogP contribution is -2.20. The summed E-state index contributed by atoms with van der Waals surface area (Å²) in [5, 5.41) is 10.3. The SMILES string of the molecule is Cc1ccc2c(c1)C(O)CC(c1ccc(Br)cc1F)O2. The summed E-state index contributed by atoms with van der Waals surface area (Å²) in [4.78, 5) is 0. The minimum atomic E-state index is -0.633. The number of halogens is 2. The molecule has 0 fully saturated rings. The quantitative estimate of drug-likeness (QED) is 0.833. The van der Waals surface area contributed by atoms with Crippen LogP contribution in [-0.4, -0.2) is 5.11 Å². The molecule has 0 aromatic heterocycles. The van der Waals surface area contributed by atoms with Crippen molar-refractivity contribution in [2.75, 3.05) is 0 Å². The third-order valence-corrected chi connectivity index (χ3v) is 4.03. The van der Waals surface area contributed by atoms with E-state index in [0.717, 1.165) is 11.1 Å². The van der Waals surface area contributed by atoms with Gasteiger partial charge in [0.15, 0.2) is 0 Å². The van der Waals surface area contributed by atoms with Crippen LogP contribution in [0, 0.1) is 12.7 Å². The normalized spacial score (nSPS) is 21.2. The fraction of sp³-hybridized carbons (Fsp3) is 0.250. The number of aryl methyl sites for hydroxylation is 1. The van der Waals surface area contributed by atoms with E-state index in [4.69, 9.17) is 4.74 Å². The van der Waals surface area contributed by atoms with Crippen molar-refractivity contribution in [3.63, 3.8) is 0 Å². The Hall–Kier alpha value is -1.39. The van der Waals surface area contributed by atoms with Gasteiger partial charge in [-0.25, -0.2) is 4.39 Å². The predicted octanol–water partition coefficient (Wildman–Crippen LogP) is 4.45. The van der Waals surface area contributed by atoms with Crippen LogP contribution in [0.4, 0.5) is 4.39 Å². The number of aliphatic hydroxyl groups excluding tert-OH is 1. The van der Waals surface area contributed by atoms with Crippen LogP contribution in [0.3, 0.4) is 0 Å². The Morgan fingerprint density at radius 2 is 2.00 bits per heavy atom. The zero-order chi connectivity index (χ0) is 14.3. The molecule has 2 nitrogen and oxygen atoms in total. The van der Waals surface area contributed by atoms with Gasteiger partial charge in [0.05, 0.1) is 6.10 Å². The summed E-state index contributed by atoms with van der Waals surface area (Å²) in [6.45, 7) is 1.97. The molecule has 1 aliphatic heterocycles. The van der Waals surface area contributed by atoms with Crippen LogP contribution in [0.1, 0.15) is 35.3 Å². The van der Waals surface area contributed by atoms with E-state index in [1.807, 2.05) is 25.1 Å². The van der Waals surface area contributed by atoms with E-state index in [1.165, 1.54) is 6.07 Å². The van der Waals surface area contributed by atoms with E-state index >= 15 is 0 Å². The molecule has 1 N–H and O–H groups in total. The van der Waals surface area contributed by atoms with E-state index in [-0.39, 0.29) is 5.82 Å². The Morgan fingerprint density at radius 3 is 2.75 bits per heavy atom. The molecule has 1 aliphatic rings. The number of hydrogen-bond donors (Lipinski definition) is 1. The smallest absolute Gasteiger partial charge is 0.131 e. The molecule has 0 saturated carbocycles. The van der Waals surface area contributed by atoms with Crippen molar-refractivity contribution < 1.29 is 14.2 Å². The monoisotopic (exact) mass is 336 g/mol. The molecular weight excluding hydrogens is 323 g/mol. The molecule has 20 heavy (non-hydrogen) atoms. The third-order valence-electron chi connectivity index (χ3n) is 3.54. The molecule has 3 rings (SSSR count). The van der Waals surface area contributed by atoms with Crippen molar-refractivity contribution in [3.05, 3.63) is 63.4 Å². The Bertz CT molecular complexity index is 657. The lowest BCUT2D eigenvalue weighted by Gasteiger charge is -2.30. The van der Waals surface area contributed by atoms with Crippen LogP contribution < -0.4 is 4.74 Å². The fourth-order valence-electron chi connectivity index (χ4n) is 2.52.